The Kier molecular flexibility index (Phi) is 8.32. The SMILES string of the molecule is Cc1cc(Cl)ccc1C(CCCOB(O)O)(c1ccc(Cl)cc1C)c1ccc(Cl)cc1C. The van der Waals surface area contributed by atoms with Crippen LogP contribution in [0.25, 0.3) is 0 Å². The molecule has 0 atom stereocenters. The van der Waals surface area contributed by atoms with Crippen LogP contribution in [0.2, 0.25) is 15.1 Å². The minimum Gasteiger partial charge on any atom is -0.402 e. The lowest BCUT2D eigenvalue weighted by Crippen LogP contribution is -2.33. The minimum atomic E-state index is -1.80. The summed E-state index contributed by atoms with van der Waals surface area (Å²) < 4.78 is 5.04. The summed E-state index contributed by atoms with van der Waals surface area (Å²) in [5.74, 6) is 0. The van der Waals surface area contributed by atoms with E-state index in [1.165, 1.54) is 0 Å². The maximum absolute atomic E-state index is 9.15. The molecule has 0 radical (unpaired) electrons. The van der Waals surface area contributed by atoms with E-state index in [4.69, 9.17) is 49.5 Å². The van der Waals surface area contributed by atoms with Crippen LogP contribution < -0.4 is 0 Å². The molecule has 3 aromatic carbocycles. The average molecular weight is 492 g/mol. The van der Waals surface area contributed by atoms with Crippen LogP contribution in [-0.4, -0.2) is 24.0 Å². The first kappa shape index (κ1) is 25.1. The number of halogens is 3. The molecular weight excluding hydrogens is 465 g/mol. The predicted octanol–water partition coefficient (Wildman–Crippen LogP) is 6.67. The maximum atomic E-state index is 9.15. The Morgan fingerprint density at radius 3 is 1.41 bits per heavy atom. The van der Waals surface area contributed by atoms with Gasteiger partial charge in [0.05, 0.1) is 0 Å². The number of aryl methyl sites for hydroxylation is 3. The molecule has 7 heteroatoms. The first-order valence-electron chi connectivity index (χ1n) is 10.4. The number of hydrogen-bond acceptors (Lipinski definition) is 3. The van der Waals surface area contributed by atoms with E-state index in [0.29, 0.717) is 27.9 Å². The Labute approximate surface area is 205 Å². The van der Waals surface area contributed by atoms with E-state index in [2.05, 4.69) is 39.0 Å². The van der Waals surface area contributed by atoms with Crippen LogP contribution in [0.3, 0.4) is 0 Å². The van der Waals surface area contributed by atoms with Crippen molar-refractivity contribution < 1.29 is 14.7 Å². The van der Waals surface area contributed by atoms with Crippen LogP contribution in [0.5, 0.6) is 0 Å². The van der Waals surface area contributed by atoms with Crippen LogP contribution >= 0.6 is 34.8 Å². The summed E-state index contributed by atoms with van der Waals surface area (Å²) in [6.07, 6.45) is 1.25. The van der Waals surface area contributed by atoms with Gasteiger partial charge in [0.2, 0.25) is 0 Å². The van der Waals surface area contributed by atoms with Gasteiger partial charge in [-0.15, -0.1) is 0 Å². The quantitative estimate of drug-likeness (QED) is 0.210. The summed E-state index contributed by atoms with van der Waals surface area (Å²) in [7, 11) is -1.80. The third kappa shape index (κ3) is 5.33. The van der Waals surface area contributed by atoms with Gasteiger partial charge in [-0.3, -0.25) is 0 Å². The maximum Gasteiger partial charge on any atom is 0.633 e. The number of hydrogen-bond donors (Lipinski definition) is 2. The molecule has 168 valence electrons. The molecule has 2 N–H and O–H groups in total. The Morgan fingerprint density at radius 1 is 0.719 bits per heavy atom. The van der Waals surface area contributed by atoms with Gasteiger partial charge in [-0.1, -0.05) is 53.0 Å². The molecule has 0 spiro atoms. The van der Waals surface area contributed by atoms with Crippen molar-refractivity contribution in [1.82, 2.24) is 0 Å². The van der Waals surface area contributed by atoms with E-state index < -0.39 is 12.7 Å². The Morgan fingerprint density at radius 2 is 1.09 bits per heavy atom. The predicted molar refractivity (Wildman–Crippen MR) is 134 cm³/mol. The molecule has 0 aromatic heterocycles. The molecular formula is C25H26BCl3O3. The fourth-order valence-electron chi connectivity index (χ4n) is 4.68. The highest BCUT2D eigenvalue weighted by Gasteiger charge is 2.39. The van der Waals surface area contributed by atoms with Gasteiger partial charge in [-0.2, -0.15) is 0 Å². The topological polar surface area (TPSA) is 49.7 Å². The standard InChI is InChI=1S/C25H26BCl3O3/c1-16-13-19(27)5-8-22(16)25(11-4-12-32-26(30)31,23-9-6-20(28)14-17(23)2)24-10-7-21(29)15-18(24)3/h5-10,13-15,30-31H,4,11-12H2,1-3H3. The Bertz CT molecular complexity index is 977. The minimum absolute atomic E-state index is 0.200. The van der Waals surface area contributed by atoms with Crippen molar-refractivity contribution in [3.8, 4) is 0 Å². The van der Waals surface area contributed by atoms with Crippen molar-refractivity contribution in [2.45, 2.75) is 39.0 Å². The van der Waals surface area contributed by atoms with Crippen LogP contribution in [-0.2, 0) is 10.1 Å². The van der Waals surface area contributed by atoms with Crippen LogP contribution in [0.4, 0.5) is 0 Å². The lowest BCUT2D eigenvalue weighted by atomic mass is 9.63. The van der Waals surface area contributed by atoms with Crippen molar-refractivity contribution in [2.24, 2.45) is 0 Å². The second-order valence-corrected chi connectivity index (χ2v) is 9.39. The van der Waals surface area contributed by atoms with Gasteiger partial charge >= 0.3 is 7.32 Å². The van der Waals surface area contributed by atoms with Crippen LogP contribution in [0, 0.1) is 20.8 Å². The van der Waals surface area contributed by atoms with Gasteiger partial charge in [-0.05, 0) is 103 Å². The van der Waals surface area contributed by atoms with E-state index in [0.717, 1.165) is 33.4 Å². The third-order valence-corrected chi connectivity index (χ3v) is 6.61. The lowest BCUT2D eigenvalue weighted by Gasteiger charge is -2.39. The monoisotopic (exact) mass is 490 g/mol. The van der Waals surface area contributed by atoms with Gasteiger partial charge in [0.15, 0.2) is 0 Å². The van der Waals surface area contributed by atoms with Gasteiger partial charge in [0, 0.05) is 27.1 Å². The van der Waals surface area contributed by atoms with E-state index >= 15 is 0 Å². The highest BCUT2D eigenvalue weighted by molar-refractivity contribution is 6.32. The molecule has 0 amide bonds. The highest BCUT2D eigenvalue weighted by atomic mass is 35.5. The Balaban J connectivity index is 2.33. The number of rotatable bonds is 8. The summed E-state index contributed by atoms with van der Waals surface area (Å²) in [6.45, 7) is 6.37. The fourth-order valence-corrected chi connectivity index (χ4v) is 5.36. The number of benzene rings is 3. The van der Waals surface area contributed by atoms with Crippen molar-refractivity contribution in [2.75, 3.05) is 6.61 Å². The molecule has 0 saturated carbocycles. The summed E-state index contributed by atoms with van der Waals surface area (Å²) in [5, 5.41) is 20.3. The first-order valence-corrected chi connectivity index (χ1v) is 11.6. The molecule has 0 bridgehead atoms. The van der Waals surface area contributed by atoms with E-state index in [-0.39, 0.29) is 6.61 Å². The van der Waals surface area contributed by atoms with Crippen LogP contribution in [0.1, 0.15) is 46.2 Å². The smallest absolute Gasteiger partial charge is 0.402 e. The van der Waals surface area contributed by atoms with Crippen molar-refractivity contribution in [1.29, 1.82) is 0 Å². The van der Waals surface area contributed by atoms with Crippen LogP contribution in [0.15, 0.2) is 54.6 Å². The van der Waals surface area contributed by atoms with Crippen molar-refractivity contribution in [3.05, 3.63) is 103 Å². The zero-order valence-corrected chi connectivity index (χ0v) is 20.6. The molecule has 32 heavy (non-hydrogen) atoms. The molecule has 3 rings (SSSR count). The van der Waals surface area contributed by atoms with Crippen molar-refractivity contribution in [3.63, 3.8) is 0 Å². The molecule has 0 fully saturated rings. The highest BCUT2D eigenvalue weighted by Crippen LogP contribution is 2.47. The Hall–Kier alpha value is -1.53. The first-order chi connectivity index (χ1) is 15.1. The zero-order chi connectivity index (χ0) is 23.5. The summed E-state index contributed by atoms with van der Waals surface area (Å²) in [5.41, 5.74) is 5.96. The molecule has 3 aromatic rings. The van der Waals surface area contributed by atoms with E-state index in [9.17, 15) is 0 Å². The molecule has 0 heterocycles. The van der Waals surface area contributed by atoms with Gasteiger partial charge in [-0.25, -0.2) is 0 Å². The summed E-state index contributed by atoms with van der Waals surface area (Å²) in [4.78, 5) is 0. The summed E-state index contributed by atoms with van der Waals surface area (Å²) >= 11 is 18.9. The second kappa shape index (κ2) is 10.6. The molecule has 0 aliphatic heterocycles. The zero-order valence-electron chi connectivity index (χ0n) is 18.3. The van der Waals surface area contributed by atoms with E-state index in [1.54, 1.807) is 0 Å². The van der Waals surface area contributed by atoms with Gasteiger partial charge in [0.1, 0.15) is 0 Å². The molecule has 0 saturated heterocycles. The molecule has 0 unspecified atom stereocenters. The molecule has 0 aliphatic carbocycles. The second-order valence-electron chi connectivity index (χ2n) is 8.08. The van der Waals surface area contributed by atoms with Gasteiger partial charge in [0.25, 0.3) is 0 Å². The normalized spacial score (nSPS) is 11.6. The van der Waals surface area contributed by atoms with Gasteiger partial charge < -0.3 is 14.7 Å². The average Bonchev–Trinajstić information content (AvgIpc) is 2.69. The largest absolute Gasteiger partial charge is 0.633 e. The fraction of sp³-hybridized carbons (Fsp3) is 0.280. The molecule has 0 aliphatic rings. The third-order valence-electron chi connectivity index (χ3n) is 5.91. The van der Waals surface area contributed by atoms with E-state index in [1.807, 2.05) is 36.4 Å². The summed E-state index contributed by atoms with van der Waals surface area (Å²) in [6, 6.07) is 17.8. The van der Waals surface area contributed by atoms with Crippen molar-refractivity contribution >= 4 is 42.1 Å². The molecule has 3 nitrogen and oxygen atoms in total. The lowest BCUT2D eigenvalue weighted by molar-refractivity contribution is 0.179.